The quantitative estimate of drug-likeness (QED) is 0.652. The van der Waals surface area contributed by atoms with E-state index in [4.69, 9.17) is 4.74 Å². The molecule has 1 N–H and O–H groups in total. The summed E-state index contributed by atoms with van der Waals surface area (Å²) in [5.74, 6) is 1.53. The Balaban J connectivity index is 1.51. The molecule has 5 nitrogen and oxygen atoms in total. The van der Waals surface area contributed by atoms with E-state index in [0.29, 0.717) is 12.1 Å². The van der Waals surface area contributed by atoms with Crippen molar-refractivity contribution in [2.45, 2.75) is 13.0 Å². The minimum atomic E-state index is -0.118. The number of aromatic nitrogens is 1. The summed E-state index contributed by atoms with van der Waals surface area (Å²) in [5, 5.41) is 2.94. The zero-order chi connectivity index (χ0) is 19.8. The van der Waals surface area contributed by atoms with E-state index in [1.165, 1.54) is 5.56 Å². The fourth-order valence-electron chi connectivity index (χ4n) is 2.93. The average molecular weight is 375 g/mol. The summed E-state index contributed by atoms with van der Waals surface area (Å²) in [4.78, 5) is 18.8. The molecule has 0 unspecified atom stereocenters. The molecular weight excluding hydrogens is 350 g/mol. The lowest BCUT2D eigenvalue weighted by atomic mass is 10.1. The number of rotatable bonds is 8. The monoisotopic (exact) mass is 375 g/mol. The van der Waals surface area contributed by atoms with Crippen LogP contribution in [0, 0.1) is 0 Å². The average Bonchev–Trinajstić information content (AvgIpc) is 2.74. The maximum absolute atomic E-state index is 12.3. The Hall–Kier alpha value is -3.34. The third-order valence-electron chi connectivity index (χ3n) is 4.50. The van der Waals surface area contributed by atoms with Crippen LogP contribution in [-0.4, -0.2) is 31.6 Å². The summed E-state index contributed by atoms with van der Waals surface area (Å²) in [6.45, 7) is 1.32. The van der Waals surface area contributed by atoms with Crippen LogP contribution in [-0.2, 0) is 13.0 Å². The number of methoxy groups -OCH3 is 1. The smallest absolute Gasteiger partial charge is 0.252 e. The van der Waals surface area contributed by atoms with Gasteiger partial charge in [-0.1, -0.05) is 42.5 Å². The van der Waals surface area contributed by atoms with Gasteiger partial charge in [0.15, 0.2) is 0 Å². The molecule has 144 valence electrons. The Morgan fingerprint density at radius 1 is 1.04 bits per heavy atom. The van der Waals surface area contributed by atoms with Gasteiger partial charge in [0.1, 0.15) is 11.6 Å². The van der Waals surface area contributed by atoms with Crippen molar-refractivity contribution in [3.63, 3.8) is 0 Å². The van der Waals surface area contributed by atoms with E-state index >= 15 is 0 Å². The lowest BCUT2D eigenvalue weighted by Gasteiger charge is -2.18. The van der Waals surface area contributed by atoms with Crippen LogP contribution in [0.3, 0.4) is 0 Å². The van der Waals surface area contributed by atoms with Crippen LogP contribution < -0.4 is 15.0 Å². The lowest BCUT2D eigenvalue weighted by Crippen LogP contribution is -2.26. The zero-order valence-electron chi connectivity index (χ0n) is 16.3. The summed E-state index contributed by atoms with van der Waals surface area (Å²) in [7, 11) is 3.64. The van der Waals surface area contributed by atoms with Crippen LogP contribution in [0.15, 0.2) is 72.9 Å². The van der Waals surface area contributed by atoms with E-state index in [1.807, 2.05) is 61.6 Å². The minimum Gasteiger partial charge on any atom is -0.497 e. The number of pyridine rings is 1. The van der Waals surface area contributed by atoms with Crippen LogP contribution >= 0.6 is 0 Å². The number of amides is 1. The van der Waals surface area contributed by atoms with Crippen molar-refractivity contribution in [3.8, 4) is 5.75 Å². The van der Waals surface area contributed by atoms with Crippen LogP contribution in [0.2, 0.25) is 0 Å². The number of ether oxygens (including phenoxy) is 1. The van der Waals surface area contributed by atoms with Gasteiger partial charge in [-0.3, -0.25) is 4.79 Å². The Morgan fingerprint density at radius 3 is 2.54 bits per heavy atom. The highest BCUT2D eigenvalue weighted by Crippen LogP contribution is 2.14. The molecule has 0 saturated heterocycles. The molecule has 0 fully saturated rings. The molecule has 2 aromatic carbocycles. The second-order valence-corrected chi connectivity index (χ2v) is 6.60. The SMILES string of the molecule is COc1cccc(CCNC(=O)c2ccc(N(C)Cc3ccccc3)nc2)c1. The Kier molecular flexibility index (Phi) is 6.63. The molecule has 28 heavy (non-hydrogen) atoms. The van der Waals surface area contributed by atoms with Crippen LogP contribution in [0.25, 0.3) is 0 Å². The third-order valence-corrected chi connectivity index (χ3v) is 4.50. The van der Waals surface area contributed by atoms with Gasteiger partial charge in [-0.25, -0.2) is 4.98 Å². The molecule has 1 heterocycles. The van der Waals surface area contributed by atoms with Crippen molar-refractivity contribution in [2.24, 2.45) is 0 Å². The van der Waals surface area contributed by atoms with Crippen molar-refractivity contribution in [3.05, 3.63) is 89.6 Å². The summed E-state index contributed by atoms with van der Waals surface area (Å²) in [6, 6.07) is 21.8. The molecule has 0 spiro atoms. The van der Waals surface area contributed by atoms with Gasteiger partial charge in [0.2, 0.25) is 0 Å². The minimum absolute atomic E-state index is 0.118. The number of hydrogen-bond donors (Lipinski definition) is 1. The number of benzene rings is 2. The highest BCUT2D eigenvalue weighted by atomic mass is 16.5. The van der Waals surface area contributed by atoms with E-state index < -0.39 is 0 Å². The molecule has 1 amide bonds. The molecular formula is C23H25N3O2. The van der Waals surface area contributed by atoms with E-state index in [2.05, 4.69) is 27.3 Å². The first kappa shape index (κ1) is 19.4. The van der Waals surface area contributed by atoms with Crippen LogP contribution in [0.5, 0.6) is 5.75 Å². The first-order chi connectivity index (χ1) is 13.7. The van der Waals surface area contributed by atoms with Gasteiger partial charge in [-0.05, 0) is 41.8 Å². The predicted octanol–water partition coefficient (Wildman–Crippen LogP) is 3.70. The van der Waals surface area contributed by atoms with Gasteiger partial charge in [-0.2, -0.15) is 0 Å². The second kappa shape index (κ2) is 9.55. The van der Waals surface area contributed by atoms with E-state index in [0.717, 1.165) is 30.1 Å². The molecule has 3 rings (SSSR count). The zero-order valence-corrected chi connectivity index (χ0v) is 16.3. The van der Waals surface area contributed by atoms with E-state index in [-0.39, 0.29) is 5.91 Å². The van der Waals surface area contributed by atoms with Crippen molar-refractivity contribution in [1.82, 2.24) is 10.3 Å². The van der Waals surface area contributed by atoms with Gasteiger partial charge in [0.25, 0.3) is 5.91 Å². The summed E-state index contributed by atoms with van der Waals surface area (Å²) in [5.41, 5.74) is 2.89. The summed E-state index contributed by atoms with van der Waals surface area (Å²) < 4.78 is 5.22. The van der Waals surface area contributed by atoms with Gasteiger partial charge in [0, 0.05) is 26.3 Å². The molecule has 0 aliphatic carbocycles. The maximum atomic E-state index is 12.3. The standard InChI is InChI=1S/C23H25N3O2/c1-26(17-19-7-4-3-5-8-19)22-12-11-20(16-25-22)23(27)24-14-13-18-9-6-10-21(15-18)28-2/h3-12,15-16H,13-14,17H2,1-2H3,(H,24,27). The van der Waals surface area contributed by atoms with Gasteiger partial charge >= 0.3 is 0 Å². The Morgan fingerprint density at radius 2 is 1.82 bits per heavy atom. The molecule has 0 aliphatic heterocycles. The fraction of sp³-hybridized carbons (Fsp3) is 0.217. The number of hydrogen-bond acceptors (Lipinski definition) is 4. The number of carbonyl (C=O) groups is 1. The van der Waals surface area contributed by atoms with E-state index in [9.17, 15) is 4.79 Å². The van der Waals surface area contributed by atoms with Crippen molar-refractivity contribution < 1.29 is 9.53 Å². The highest BCUT2D eigenvalue weighted by molar-refractivity contribution is 5.94. The first-order valence-corrected chi connectivity index (χ1v) is 9.28. The first-order valence-electron chi connectivity index (χ1n) is 9.28. The number of anilines is 1. The van der Waals surface area contributed by atoms with Gasteiger partial charge < -0.3 is 15.0 Å². The van der Waals surface area contributed by atoms with Crippen LogP contribution in [0.1, 0.15) is 21.5 Å². The molecule has 1 aromatic heterocycles. The van der Waals surface area contributed by atoms with Crippen molar-refractivity contribution >= 4 is 11.7 Å². The fourth-order valence-corrected chi connectivity index (χ4v) is 2.93. The number of carbonyl (C=O) groups excluding carboxylic acids is 1. The Labute approximate surface area is 166 Å². The van der Waals surface area contributed by atoms with Crippen molar-refractivity contribution in [2.75, 3.05) is 25.6 Å². The number of nitrogens with zero attached hydrogens (tertiary/aromatic N) is 2. The normalized spacial score (nSPS) is 10.4. The van der Waals surface area contributed by atoms with Crippen LogP contribution in [0.4, 0.5) is 5.82 Å². The molecule has 0 saturated carbocycles. The molecule has 0 aliphatic rings. The van der Waals surface area contributed by atoms with Gasteiger partial charge in [0.05, 0.1) is 12.7 Å². The van der Waals surface area contributed by atoms with E-state index in [1.54, 1.807) is 13.3 Å². The summed E-state index contributed by atoms with van der Waals surface area (Å²) >= 11 is 0. The second-order valence-electron chi connectivity index (χ2n) is 6.60. The van der Waals surface area contributed by atoms with Gasteiger partial charge in [-0.15, -0.1) is 0 Å². The molecule has 3 aromatic rings. The molecule has 0 atom stereocenters. The molecule has 0 bridgehead atoms. The maximum Gasteiger partial charge on any atom is 0.252 e. The molecule has 5 heteroatoms. The number of nitrogens with one attached hydrogen (secondary N) is 1. The third kappa shape index (κ3) is 5.33. The summed E-state index contributed by atoms with van der Waals surface area (Å²) in [6.07, 6.45) is 2.37. The largest absolute Gasteiger partial charge is 0.497 e. The molecule has 0 radical (unpaired) electrons. The predicted molar refractivity (Wildman–Crippen MR) is 112 cm³/mol. The lowest BCUT2D eigenvalue weighted by molar-refractivity contribution is 0.0954. The highest BCUT2D eigenvalue weighted by Gasteiger charge is 2.08. The Bertz CT molecular complexity index is 895. The van der Waals surface area contributed by atoms with Crippen molar-refractivity contribution in [1.29, 1.82) is 0 Å². The topological polar surface area (TPSA) is 54.5 Å².